The van der Waals surface area contributed by atoms with Gasteiger partial charge in [0.1, 0.15) is 5.25 Å². The molecule has 1 saturated heterocycles. The number of hydrogen-bond donors (Lipinski definition) is 2. The third kappa shape index (κ3) is 1.88. The van der Waals surface area contributed by atoms with E-state index in [4.69, 9.17) is 10.8 Å². The summed E-state index contributed by atoms with van der Waals surface area (Å²) in [6.07, 6.45) is 1.57. The molecular weight excluding hydrogens is 150 g/mol. The Bertz CT molecular complexity index is 132. The first-order chi connectivity index (χ1) is 4.70. The third-order valence-corrected chi connectivity index (χ3v) is 3.05. The van der Waals surface area contributed by atoms with E-state index in [0.717, 1.165) is 18.6 Å². The van der Waals surface area contributed by atoms with Crippen molar-refractivity contribution < 1.29 is 9.90 Å². The normalized spacial score (nSPS) is 33.7. The number of carboxylic acid groups (broad SMARTS) is 1. The molecule has 1 rings (SSSR count). The van der Waals surface area contributed by atoms with Gasteiger partial charge in [-0.1, -0.05) is 0 Å². The summed E-state index contributed by atoms with van der Waals surface area (Å²) < 4.78 is 0. The Morgan fingerprint density at radius 3 is 2.70 bits per heavy atom. The molecule has 3 N–H and O–H groups in total. The Morgan fingerprint density at radius 2 is 2.30 bits per heavy atom. The van der Waals surface area contributed by atoms with E-state index in [9.17, 15) is 4.79 Å². The highest BCUT2D eigenvalue weighted by molar-refractivity contribution is 8.00. The Morgan fingerprint density at radius 1 is 1.60 bits per heavy atom. The molecule has 0 saturated carbocycles. The minimum absolute atomic E-state index is 0.209. The molecule has 2 unspecified atom stereocenters. The third-order valence-electron chi connectivity index (χ3n) is 1.59. The zero-order valence-corrected chi connectivity index (χ0v) is 6.43. The van der Waals surface area contributed by atoms with Crippen molar-refractivity contribution >= 4 is 17.7 Å². The van der Waals surface area contributed by atoms with Crippen molar-refractivity contribution in [1.29, 1.82) is 0 Å². The average Bonchev–Trinajstić information content (AvgIpc) is 1.88. The molecular formula is C6H11NO2S. The van der Waals surface area contributed by atoms with Crippen molar-refractivity contribution in [3.63, 3.8) is 0 Å². The predicted molar refractivity (Wildman–Crippen MR) is 41.1 cm³/mol. The topological polar surface area (TPSA) is 63.3 Å². The minimum atomic E-state index is -0.697. The molecule has 1 aliphatic heterocycles. The van der Waals surface area contributed by atoms with Crippen LogP contribution in [0.2, 0.25) is 0 Å². The smallest absolute Gasteiger partial charge is 0.316 e. The fourth-order valence-corrected chi connectivity index (χ4v) is 2.06. The molecule has 58 valence electrons. The number of rotatable bonds is 1. The van der Waals surface area contributed by atoms with Crippen LogP contribution in [0.25, 0.3) is 0 Å². The van der Waals surface area contributed by atoms with Crippen LogP contribution in [0.3, 0.4) is 0 Å². The molecule has 4 heteroatoms. The van der Waals surface area contributed by atoms with Crippen molar-refractivity contribution in [3.05, 3.63) is 0 Å². The second kappa shape index (κ2) is 3.25. The first-order valence-corrected chi connectivity index (χ1v) is 4.35. The van der Waals surface area contributed by atoms with Crippen LogP contribution in [0.4, 0.5) is 0 Å². The highest BCUT2D eigenvalue weighted by Gasteiger charge is 2.24. The lowest BCUT2D eigenvalue weighted by atomic mass is 10.1. The van der Waals surface area contributed by atoms with Crippen LogP contribution >= 0.6 is 11.8 Å². The molecule has 10 heavy (non-hydrogen) atoms. The lowest BCUT2D eigenvalue weighted by Gasteiger charge is -2.22. The van der Waals surface area contributed by atoms with Crippen molar-refractivity contribution in [2.75, 3.05) is 5.75 Å². The van der Waals surface area contributed by atoms with Gasteiger partial charge in [0, 0.05) is 11.8 Å². The highest BCUT2D eigenvalue weighted by atomic mass is 32.2. The summed E-state index contributed by atoms with van der Waals surface area (Å²) in [4.78, 5) is 10.4. The van der Waals surface area contributed by atoms with E-state index in [0.29, 0.717) is 0 Å². The molecule has 0 radical (unpaired) electrons. The minimum Gasteiger partial charge on any atom is -0.480 e. The Balaban J connectivity index is 2.33. The fraction of sp³-hybridized carbons (Fsp3) is 0.833. The summed E-state index contributed by atoms with van der Waals surface area (Å²) in [5.74, 6) is 0.0913. The molecule has 0 aromatic carbocycles. The molecule has 0 aromatic heterocycles. The number of carboxylic acids is 1. The van der Waals surface area contributed by atoms with Crippen LogP contribution in [0.15, 0.2) is 0 Å². The number of thioether (sulfide) groups is 1. The number of carbonyl (C=O) groups is 1. The van der Waals surface area contributed by atoms with Gasteiger partial charge in [-0.05, 0) is 12.8 Å². The Labute approximate surface area is 64.0 Å². The molecule has 0 aromatic rings. The molecule has 0 aliphatic carbocycles. The van der Waals surface area contributed by atoms with E-state index in [1.54, 1.807) is 0 Å². The van der Waals surface area contributed by atoms with Crippen molar-refractivity contribution in [1.82, 2.24) is 0 Å². The summed E-state index contributed by atoms with van der Waals surface area (Å²) in [5.41, 5.74) is 5.58. The van der Waals surface area contributed by atoms with Gasteiger partial charge in [0.2, 0.25) is 0 Å². The summed E-state index contributed by atoms with van der Waals surface area (Å²) >= 11 is 1.45. The molecule has 1 fully saturated rings. The summed E-state index contributed by atoms with van der Waals surface area (Å²) in [7, 11) is 0. The van der Waals surface area contributed by atoms with E-state index < -0.39 is 5.97 Å². The largest absolute Gasteiger partial charge is 0.480 e. The van der Waals surface area contributed by atoms with Crippen LogP contribution < -0.4 is 5.73 Å². The van der Waals surface area contributed by atoms with Crippen LogP contribution in [0.1, 0.15) is 12.8 Å². The quantitative estimate of drug-likeness (QED) is 0.580. The number of aliphatic carboxylic acids is 1. The SMILES string of the molecule is NC1CCC(C(=O)O)SC1. The van der Waals surface area contributed by atoms with Gasteiger partial charge in [-0.15, -0.1) is 11.8 Å². The second-order valence-corrected chi connectivity index (χ2v) is 3.73. The number of hydrogen-bond acceptors (Lipinski definition) is 3. The standard InChI is InChI=1S/C6H11NO2S/c7-4-1-2-5(6(8)9)10-3-4/h4-5H,1-3,7H2,(H,8,9). The maximum atomic E-state index is 10.4. The first kappa shape index (κ1) is 7.88. The van der Waals surface area contributed by atoms with Crippen LogP contribution in [-0.2, 0) is 4.79 Å². The monoisotopic (exact) mass is 161 g/mol. The van der Waals surface area contributed by atoms with Crippen LogP contribution in [-0.4, -0.2) is 28.1 Å². The van der Waals surface area contributed by atoms with Gasteiger partial charge in [-0.3, -0.25) is 4.79 Å². The fourth-order valence-electron chi connectivity index (χ4n) is 0.967. The first-order valence-electron chi connectivity index (χ1n) is 3.30. The van der Waals surface area contributed by atoms with Gasteiger partial charge in [-0.25, -0.2) is 0 Å². The summed E-state index contributed by atoms with van der Waals surface area (Å²) in [5, 5.41) is 8.35. The predicted octanol–water partition coefficient (Wildman–Crippen LogP) is 0.294. The van der Waals surface area contributed by atoms with Crippen LogP contribution in [0, 0.1) is 0 Å². The maximum Gasteiger partial charge on any atom is 0.316 e. The van der Waals surface area contributed by atoms with Gasteiger partial charge in [0.25, 0.3) is 0 Å². The van der Waals surface area contributed by atoms with Gasteiger partial charge in [0.15, 0.2) is 0 Å². The number of nitrogens with two attached hydrogens (primary N) is 1. The summed E-state index contributed by atoms with van der Waals surface area (Å²) in [6.45, 7) is 0. The van der Waals surface area contributed by atoms with E-state index in [2.05, 4.69) is 0 Å². The lowest BCUT2D eigenvalue weighted by Crippen LogP contribution is -2.32. The zero-order chi connectivity index (χ0) is 7.56. The van der Waals surface area contributed by atoms with Gasteiger partial charge in [0.05, 0.1) is 0 Å². The molecule has 0 bridgehead atoms. The van der Waals surface area contributed by atoms with E-state index >= 15 is 0 Å². The van der Waals surface area contributed by atoms with E-state index in [1.807, 2.05) is 0 Å². The highest BCUT2D eigenvalue weighted by Crippen LogP contribution is 2.24. The average molecular weight is 161 g/mol. The summed E-state index contributed by atoms with van der Waals surface area (Å²) in [6, 6.07) is 0.209. The van der Waals surface area contributed by atoms with Gasteiger partial charge < -0.3 is 10.8 Å². The molecule has 1 aliphatic rings. The maximum absolute atomic E-state index is 10.4. The van der Waals surface area contributed by atoms with Crippen molar-refractivity contribution in [2.24, 2.45) is 5.73 Å². The van der Waals surface area contributed by atoms with Crippen molar-refractivity contribution in [3.8, 4) is 0 Å². The van der Waals surface area contributed by atoms with E-state index in [1.165, 1.54) is 11.8 Å². The van der Waals surface area contributed by atoms with E-state index in [-0.39, 0.29) is 11.3 Å². The molecule has 1 heterocycles. The van der Waals surface area contributed by atoms with Gasteiger partial charge >= 0.3 is 5.97 Å². The molecule has 0 amide bonds. The molecule has 3 nitrogen and oxygen atoms in total. The second-order valence-electron chi connectivity index (χ2n) is 2.50. The van der Waals surface area contributed by atoms with Crippen LogP contribution in [0.5, 0.6) is 0 Å². The lowest BCUT2D eigenvalue weighted by molar-refractivity contribution is -0.136. The van der Waals surface area contributed by atoms with Crippen molar-refractivity contribution in [2.45, 2.75) is 24.1 Å². The Hall–Kier alpha value is -0.220. The molecule has 2 atom stereocenters. The van der Waals surface area contributed by atoms with Gasteiger partial charge in [-0.2, -0.15) is 0 Å². The zero-order valence-electron chi connectivity index (χ0n) is 5.62. The molecule has 0 spiro atoms. The Kier molecular flexibility index (Phi) is 2.56.